The van der Waals surface area contributed by atoms with Crippen LogP contribution in [0.5, 0.6) is 0 Å². The molecule has 0 saturated heterocycles. The van der Waals surface area contributed by atoms with Crippen LogP contribution >= 0.6 is 7.77 Å². The van der Waals surface area contributed by atoms with Gasteiger partial charge in [-0.25, -0.2) is 4.79 Å². The minimum Gasteiger partial charge on any atom is -0.628 e. The first-order chi connectivity index (χ1) is 7.17. The lowest BCUT2D eigenvalue weighted by atomic mass is 10.4. The Bertz CT molecular complexity index is 316. The van der Waals surface area contributed by atoms with E-state index in [2.05, 4.69) is 6.58 Å². The van der Waals surface area contributed by atoms with Crippen molar-refractivity contribution < 1.29 is 18.9 Å². The van der Waals surface area contributed by atoms with Crippen LogP contribution in [0.25, 0.3) is 0 Å². The molecule has 0 aromatic carbocycles. The summed E-state index contributed by atoms with van der Waals surface area (Å²) in [7, 11) is 4.26. The predicted molar refractivity (Wildman–Crippen MR) is 66.3 cm³/mol. The summed E-state index contributed by atoms with van der Waals surface area (Å²) in [5, 5.41) is 0. The van der Waals surface area contributed by atoms with E-state index in [1.165, 1.54) is 0 Å². The normalized spacial score (nSPS) is 13.1. The van der Waals surface area contributed by atoms with Crippen LogP contribution in [0.4, 0.5) is 0 Å². The van der Waals surface area contributed by atoms with Gasteiger partial charge in [-0.05, 0) is 13.8 Å². The largest absolute Gasteiger partial charge is 0.628 e. The lowest BCUT2D eigenvalue weighted by Gasteiger charge is -2.23. The van der Waals surface area contributed by atoms with Crippen molar-refractivity contribution in [2.24, 2.45) is 0 Å². The molecule has 0 radical (unpaired) electrons. The summed E-state index contributed by atoms with van der Waals surface area (Å²) < 4.78 is 5.69. The van der Waals surface area contributed by atoms with Gasteiger partial charge in [0.2, 0.25) is 0 Å². The number of likely N-dealkylation sites (N-methyl/N-ethyl adjacent to an activating group) is 1. The van der Waals surface area contributed by atoms with Crippen LogP contribution in [0.15, 0.2) is 12.2 Å². The topological polar surface area (TPSA) is 49.4 Å². The van der Waals surface area contributed by atoms with Gasteiger partial charge in [-0.2, -0.15) is 0 Å². The monoisotopic (exact) mass is 246 g/mol. The van der Waals surface area contributed by atoms with E-state index in [0.29, 0.717) is 28.2 Å². The highest BCUT2D eigenvalue weighted by atomic mass is 31.1. The summed E-state index contributed by atoms with van der Waals surface area (Å²) in [6.45, 7) is 7.35. The van der Waals surface area contributed by atoms with Gasteiger partial charge >= 0.3 is 11.4 Å². The van der Waals surface area contributed by atoms with Gasteiger partial charge in [0, 0.05) is 5.57 Å². The maximum absolute atomic E-state index is 11.7. The van der Waals surface area contributed by atoms with E-state index in [-0.39, 0.29) is 0 Å². The van der Waals surface area contributed by atoms with Crippen molar-refractivity contribution in [1.82, 2.24) is 0 Å². The van der Waals surface area contributed by atoms with E-state index in [4.69, 9.17) is 4.74 Å². The molecule has 4 nitrogen and oxygen atoms in total. The molecular formula is C11H21NO3P+. The second kappa shape index (κ2) is 6.14. The van der Waals surface area contributed by atoms with Crippen LogP contribution in [0, 0.1) is 0 Å². The first kappa shape index (κ1) is 15.3. The maximum Gasteiger partial charge on any atom is 0.341 e. The van der Waals surface area contributed by atoms with Crippen molar-refractivity contribution in [3.8, 4) is 0 Å². The smallest absolute Gasteiger partial charge is 0.341 e. The number of carbonyl (C=O) groups excluding carboxylic acids is 1. The number of quaternary nitrogens is 1. The van der Waals surface area contributed by atoms with Gasteiger partial charge in [0.1, 0.15) is 13.9 Å². The molecule has 1 unspecified atom stereocenters. The lowest BCUT2D eigenvalue weighted by Crippen LogP contribution is -2.41. The molecule has 0 aliphatic heterocycles. The second-order valence-electron chi connectivity index (χ2n) is 4.71. The fourth-order valence-electron chi connectivity index (χ4n) is 0.938. The number of ether oxygens (including phenoxy) is 1. The van der Waals surface area contributed by atoms with Crippen LogP contribution in [0.2, 0.25) is 0 Å². The Kier molecular flexibility index (Phi) is 5.87. The van der Waals surface area contributed by atoms with Crippen LogP contribution in [0.3, 0.4) is 0 Å². The third kappa shape index (κ3) is 6.01. The molecule has 0 heterocycles. The van der Waals surface area contributed by atoms with Gasteiger partial charge in [0.15, 0.2) is 6.54 Å². The molecule has 0 N–H and O–H groups in total. The lowest BCUT2D eigenvalue weighted by molar-refractivity contribution is -0.861. The summed E-state index contributed by atoms with van der Waals surface area (Å²) in [6.07, 6.45) is 0.480. The molecule has 0 aliphatic rings. The average Bonchev–Trinajstić information content (AvgIpc) is 2.13. The Morgan fingerprint density at radius 2 is 1.94 bits per heavy atom. The van der Waals surface area contributed by atoms with Crippen molar-refractivity contribution in [3.05, 3.63) is 12.2 Å². The SMILES string of the molecule is C=C(C)C(=O)OC(C[N+](C)(C)C)=[P+]([O-])CC. The summed E-state index contributed by atoms with van der Waals surface area (Å²) in [5.74, 6) is -0.500. The molecule has 0 aliphatic carbocycles. The first-order valence-corrected chi connectivity index (χ1v) is 6.60. The zero-order valence-electron chi connectivity index (χ0n) is 10.7. The molecule has 0 rings (SSSR count). The van der Waals surface area contributed by atoms with Gasteiger partial charge in [-0.15, -0.1) is 0 Å². The van der Waals surface area contributed by atoms with Crippen molar-refractivity contribution in [2.75, 3.05) is 33.8 Å². The average molecular weight is 246 g/mol. The van der Waals surface area contributed by atoms with E-state index in [1.807, 2.05) is 28.1 Å². The van der Waals surface area contributed by atoms with Gasteiger partial charge in [-0.1, -0.05) is 6.58 Å². The molecule has 5 heteroatoms. The molecule has 0 bridgehead atoms. The zero-order valence-corrected chi connectivity index (χ0v) is 11.6. The van der Waals surface area contributed by atoms with E-state index < -0.39 is 13.7 Å². The van der Waals surface area contributed by atoms with Crippen molar-refractivity contribution in [3.63, 3.8) is 0 Å². The second-order valence-corrected chi connectivity index (χ2v) is 6.60. The standard InChI is InChI=1S/C11H21NO3P/c1-7-16(14)10(8-12(4,5)6)15-11(13)9(2)3/h2,7-8H2,1,3-6H3/q+1. The number of hydrogen-bond acceptors (Lipinski definition) is 3. The van der Waals surface area contributed by atoms with E-state index in [1.54, 1.807) is 6.92 Å². The third-order valence-corrected chi connectivity index (χ3v) is 3.10. The Morgan fingerprint density at radius 1 is 1.44 bits per heavy atom. The fourth-order valence-corrected chi connectivity index (χ4v) is 2.06. The van der Waals surface area contributed by atoms with E-state index >= 15 is 0 Å². The summed E-state index contributed by atoms with van der Waals surface area (Å²) in [5.41, 5.74) is 0.677. The number of hydrogen-bond donors (Lipinski definition) is 0. The quantitative estimate of drug-likeness (QED) is 0.311. The molecule has 92 valence electrons. The Hall–Kier alpha value is -0.700. The van der Waals surface area contributed by atoms with Crippen molar-refractivity contribution >= 4 is 19.2 Å². The van der Waals surface area contributed by atoms with Crippen molar-refractivity contribution in [1.29, 1.82) is 0 Å². The molecule has 0 saturated carbocycles. The number of carbonyl (C=O) groups is 1. The van der Waals surface area contributed by atoms with Gasteiger partial charge in [-0.3, -0.25) is 0 Å². The Morgan fingerprint density at radius 3 is 2.25 bits per heavy atom. The van der Waals surface area contributed by atoms with Crippen LogP contribution < -0.4 is 4.89 Å². The molecule has 0 fully saturated rings. The highest BCUT2D eigenvalue weighted by Gasteiger charge is 2.23. The third-order valence-electron chi connectivity index (χ3n) is 1.73. The Balaban J connectivity index is 4.86. The first-order valence-electron chi connectivity index (χ1n) is 5.16. The number of rotatable bonds is 5. The minimum atomic E-state index is -1.60. The summed E-state index contributed by atoms with van der Waals surface area (Å²) in [4.78, 5) is 23.1. The molecular weight excluding hydrogens is 225 g/mol. The molecule has 1 atom stereocenters. The number of esters is 1. The number of nitrogens with zero attached hydrogens (tertiary/aromatic N) is 1. The van der Waals surface area contributed by atoms with Crippen LogP contribution in [0.1, 0.15) is 13.8 Å². The van der Waals surface area contributed by atoms with E-state index in [9.17, 15) is 9.69 Å². The molecule has 0 amide bonds. The van der Waals surface area contributed by atoms with Crippen LogP contribution in [-0.4, -0.2) is 49.8 Å². The molecule has 0 aromatic heterocycles. The molecule has 16 heavy (non-hydrogen) atoms. The zero-order chi connectivity index (χ0) is 12.9. The van der Waals surface area contributed by atoms with Gasteiger partial charge in [0.25, 0.3) is 0 Å². The van der Waals surface area contributed by atoms with Crippen molar-refractivity contribution in [2.45, 2.75) is 13.8 Å². The minimum absolute atomic E-state index is 0.318. The molecule has 0 spiro atoms. The highest BCUT2D eigenvalue weighted by molar-refractivity contribution is 7.51. The van der Waals surface area contributed by atoms with E-state index in [0.717, 1.165) is 0 Å². The summed E-state index contributed by atoms with van der Waals surface area (Å²) >= 11 is 0. The van der Waals surface area contributed by atoms with Gasteiger partial charge in [0.05, 0.1) is 21.1 Å². The summed E-state index contributed by atoms with van der Waals surface area (Å²) in [6, 6.07) is 0. The highest BCUT2D eigenvalue weighted by Crippen LogP contribution is 2.16. The maximum atomic E-state index is 11.7. The van der Waals surface area contributed by atoms with Gasteiger partial charge < -0.3 is 14.1 Å². The van der Waals surface area contributed by atoms with Crippen LogP contribution in [-0.2, 0) is 9.53 Å². The Labute approximate surface area is 98.6 Å². The fraction of sp³-hybridized carbons (Fsp3) is 0.636. The predicted octanol–water partition coefficient (Wildman–Crippen LogP) is 0.719. The molecule has 0 aromatic rings.